The summed E-state index contributed by atoms with van der Waals surface area (Å²) in [6.45, 7) is 3.94. The Morgan fingerprint density at radius 1 is 1.21 bits per heavy atom. The van der Waals surface area contributed by atoms with Gasteiger partial charge in [-0.2, -0.15) is 0 Å². The molecule has 0 aliphatic rings. The Labute approximate surface area is 125 Å². The standard InChI is InChI=1S/C15H13BrClNO/c1-9-4-3-5-12(10(9)2)15(19)18-14-7-6-11(17)8-13(14)16/h3-8H,1-2H3,(H,18,19). The number of hydrogen-bond acceptors (Lipinski definition) is 1. The molecule has 4 heteroatoms. The van der Waals surface area contributed by atoms with Gasteiger partial charge in [-0.15, -0.1) is 0 Å². The summed E-state index contributed by atoms with van der Waals surface area (Å²) in [7, 11) is 0. The molecule has 98 valence electrons. The minimum atomic E-state index is -0.121. The minimum Gasteiger partial charge on any atom is -0.321 e. The summed E-state index contributed by atoms with van der Waals surface area (Å²) in [6, 6.07) is 11.0. The molecule has 2 aromatic rings. The van der Waals surface area contributed by atoms with Gasteiger partial charge in [0.1, 0.15) is 0 Å². The van der Waals surface area contributed by atoms with Crippen LogP contribution in [0.2, 0.25) is 5.02 Å². The van der Waals surface area contributed by atoms with Gasteiger partial charge in [0, 0.05) is 15.1 Å². The van der Waals surface area contributed by atoms with Gasteiger partial charge >= 0.3 is 0 Å². The SMILES string of the molecule is Cc1cccc(C(=O)Nc2ccc(Cl)cc2Br)c1C. The number of amides is 1. The molecule has 0 bridgehead atoms. The van der Waals surface area contributed by atoms with Crippen LogP contribution in [0.4, 0.5) is 5.69 Å². The molecule has 0 aliphatic heterocycles. The van der Waals surface area contributed by atoms with Crippen LogP contribution in [0.15, 0.2) is 40.9 Å². The lowest BCUT2D eigenvalue weighted by atomic mass is 10.0. The first-order chi connectivity index (χ1) is 8.99. The summed E-state index contributed by atoms with van der Waals surface area (Å²) in [6.07, 6.45) is 0. The molecular weight excluding hydrogens is 326 g/mol. The molecule has 0 spiro atoms. The molecule has 0 heterocycles. The highest BCUT2D eigenvalue weighted by atomic mass is 79.9. The lowest BCUT2D eigenvalue weighted by Crippen LogP contribution is -2.14. The number of anilines is 1. The van der Waals surface area contributed by atoms with Crippen molar-refractivity contribution in [2.24, 2.45) is 0 Å². The first-order valence-electron chi connectivity index (χ1n) is 5.81. The monoisotopic (exact) mass is 337 g/mol. The van der Waals surface area contributed by atoms with E-state index in [-0.39, 0.29) is 5.91 Å². The second kappa shape index (κ2) is 5.76. The summed E-state index contributed by atoms with van der Waals surface area (Å²) >= 11 is 9.26. The number of carbonyl (C=O) groups is 1. The smallest absolute Gasteiger partial charge is 0.255 e. The van der Waals surface area contributed by atoms with E-state index in [1.54, 1.807) is 18.2 Å². The van der Waals surface area contributed by atoms with Gasteiger partial charge in [-0.3, -0.25) is 4.79 Å². The van der Waals surface area contributed by atoms with E-state index in [4.69, 9.17) is 11.6 Å². The second-order valence-corrected chi connectivity index (χ2v) is 5.62. The van der Waals surface area contributed by atoms with Crippen LogP contribution in [-0.4, -0.2) is 5.91 Å². The van der Waals surface area contributed by atoms with E-state index in [0.717, 1.165) is 15.6 Å². The molecule has 0 saturated heterocycles. The van der Waals surface area contributed by atoms with Crippen LogP contribution in [0.1, 0.15) is 21.5 Å². The Morgan fingerprint density at radius 2 is 1.95 bits per heavy atom. The van der Waals surface area contributed by atoms with E-state index in [0.29, 0.717) is 16.3 Å². The molecule has 0 saturated carbocycles. The van der Waals surface area contributed by atoms with Crippen molar-refractivity contribution >= 4 is 39.1 Å². The molecule has 2 nitrogen and oxygen atoms in total. The lowest BCUT2D eigenvalue weighted by molar-refractivity contribution is 0.102. The number of benzene rings is 2. The number of halogens is 2. The lowest BCUT2D eigenvalue weighted by Gasteiger charge is -2.11. The Balaban J connectivity index is 2.28. The van der Waals surface area contributed by atoms with Crippen LogP contribution in [-0.2, 0) is 0 Å². The summed E-state index contributed by atoms with van der Waals surface area (Å²) in [5.41, 5.74) is 3.48. The van der Waals surface area contributed by atoms with Gasteiger partial charge in [0.15, 0.2) is 0 Å². The molecule has 19 heavy (non-hydrogen) atoms. The van der Waals surface area contributed by atoms with E-state index < -0.39 is 0 Å². The summed E-state index contributed by atoms with van der Waals surface area (Å²) < 4.78 is 0.763. The maximum absolute atomic E-state index is 12.3. The maximum Gasteiger partial charge on any atom is 0.255 e. The van der Waals surface area contributed by atoms with Crippen LogP contribution in [0, 0.1) is 13.8 Å². The van der Waals surface area contributed by atoms with Gasteiger partial charge < -0.3 is 5.32 Å². The van der Waals surface area contributed by atoms with Crippen LogP contribution < -0.4 is 5.32 Å². The van der Waals surface area contributed by atoms with Crippen LogP contribution in [0.3, 0.4) is 0 Å². The van der Waals surface area contributed by atoms with Gasteiger partial charge in [-0.05, 0) is 65.2 Å². The van der Waals surface area contributed by atoms with Crippen molar-refractivity contribution in [3.8, 4) is 0 Å². The highest BCUT2D eigenvalue weighted by Crippen LogP contribution is 2.26. The fourth-order valence-corrected chi connectivity index (χ4v) is 2.56. The van der Waals surface area contributed by atoms with E-state index in [1.807, 2.05) is 32.0 Å². The molecule has 1 N–H and O–H groups in total. The highest BCUT2D eigenvalue weighted by Gasteiger charge is 2.11. The maximum atomic E-state index is 12.3. The molecule has 0 radical (unpaired) electrons. The second-order valence-electron chi connectivity index (χ2n) is 4.33. The third-order valence-electron chi connectivity index (χ3n) is 3.03. The van der Waals surface area contributed by atoms with Crippen molar-refractivity contribution < 1.29 is 4.79 Å². The Morgan fingerprint density at radius 3 is 2.63 bits per heavy atom. The highest BCUT2D eigenvalue weighted by molar-refractivity contribution is 9.10. The predicted octanol–water partition coefficient (Wildman–Crippen LogP) is 4.97. The van der Waals surface area contributed by atoms with Crippen molar-refractivity contribution in [3.63, 3.8) is 0 Å². The van der Waals surface area contributed by atoms with E-state index in [9.17, 15) is 4.79 Å². The van der Waals surface area contributed by atoms with Crippen molar-refractivity contribution in [2.45, 2.75) is 13.8 Å². The fourth-order valence-electron chi connectivity index (χ4n) is 1.78. The first-order valence-corrected chi connectivity index (χ1v) is 6.99. The molecule has 0 atom stereocenters. The topological polar surface area (TPSA) is 29.1 Å². The van der Waals surface area contributed by atoms with Crippen molar-refractivity contribution in [2.75, 3.05) is 5.32 Å². The molecule has 2 rings (SSSR count). The quantitative estimate of drug-likeness (QED) is 0.823. The van der Waals surface area contributed by atoms with Gasteiger partial charge in [0.05, 0.1) is 5.69 Å². The van der Waals surface area contributed by atoms with Gasteiger partial charge in [-0.1, -0.05) is 23.7 Å². The fraction of sp³-hybridized carbons (Fsp3) is 0.133. The van der Waals surface area contributed by atoms with E-state index in [2.05, 4.69) is 21.2 Å². The van der Waals surface area contributed by atoms with Gasteiger partial charge in [-0.25, -0.2) is 0 Å². The average Bonchev–Trinajstić information content (AvgIpc) is 2.36. The Bertz CT molecular complexity index is 640. The number of hydrogen-bond donors (Lipinski definition) is 1. The number of rotatable bonds is 2. The van der Waals surface area contributed by atoms with Gasteiger partial charge in [0.2, 0.25) is 0 Å². The van der Waals surface area contributed by atoms with E-state index in [1.165, 1.54) is 0 Å². The van der Waals surface area contributed by atoms with Crippen molar-refractivity contribution in [3.05, 3.63) is 62.6 Å². The molecular formula is C15H13BrClNO. The van der Waals surface area contributed by atoms with Crippen molar-refractivity contribution in [1.29, 1.82) is 0 Å². The van der Waals surface area contributed by atoms with Crippen LogP contribution >= 0.6 is 27.5 Å². The molecule has 1 amide bonds. The largest absolute Gasteiger partial charge is 0.321 e. The summed E-state index contributed by atoms with van der Waals surface area (Å²) in [4.78, 5) is 12.3. The molecule has 0 aliphatic carbocycles. The number of aryl methyl sites for hydroxylation is 1. The molecule has 0 fully saturated rings. The third kappa shape index (κ3) is 3.17. The summed E-state index contributed by atoms with van der Waals surface area (Å²) in [5, 5.41) is 3.50. The van der Waals surface area contributed by atoms with E-state index >= 15 is 0 Å². The summed E-state index contributed by atoms with van der Waals surface area (Å²) in [5.74, 6) is -0.121. The predicted molar refractivity (Wildman–Crippen MR) is 83.0 cm³/mol. The zero-order valence-electron chi connectivity index (χ0n) is 10.6. The minimum absolute atomic E-state index is 0.121. The van der Waals surface area contributed by atoms with Crippen LogP contribution in [0.25, 0.3) is 0 Å². The number of carbonyl (C=O) groups excluding carboxylic acids is 1. The average molecular weight is 339 g/mol. The molecule has 0 aromatic heterocycles. The zero-order chi connectivity index (χ0) is 14.0. The number of nitrogens with one attached hydrogen (secondary N) is 1. The molecule has 0 unspecified atom stereocenters. The van der Waals surface area contributed by atoms with Crippen molar-refractivity contribution in [1.82, 2.24) is 0 Å². The first kappa shape index (κ1) is 14.1. The normalized spacial score (nSPS) is 10.3. The zero-order valence-corrected chi connectivity index (χ0v) is 13.0. The van der Waals surface area contributed by atoms with Gasteiger partial charge in [0.25, 0.3) is 5.91 Å². The third-order valence-corrected chi connectivity index (χ3v) is 3.92. The van der Waals surface area contributed by atoms with Crippen LogP contribution in [0.5, 0.6) is 0 Å². The Hall–Kier alpha value is -1.32. The molecule has 2 aromatic carbocycles. The Kier molecular flexibility index (Phi) is 4.27.